The van der Waals surface area contributed by atoms with Crippen LogP contribution in [0.25, 0.3) is 16.9 Å². The van der Waals surface area contributed by atoms with Gasteiger partial charge in [0.1, 0.15) is 17.5 Å². The van der Waals surface area contributed by atoms with Gasteiger partial charge in [0.2, 0.25) is 0 Å². The van der Waals surface area contributed by atoms with Crippen molar-refractivity contribution in [3.63, 3.8) is 0 Å². The van der Waals surface area contributed by atoms with E-state index in [4.69, 9.17) is 4.74 Å². The third-order valence-electron chi connectivity index (χ3n) is 5.26. The molecule has 0 aliphatic heterocycles. The number of nitrogens with one attached hydrogen (secondary N) is 1. The molecule has 1 aromatic heterocycles. The van der Waals surface area contributed by atoms with Gasteiger partial charge in [0.15, 0.2) is 5.82 Å². The molecule has 35 heavy (non-hydrogen) atoms. The fourth-order valence-corrected chi connectivity index (χ4v) is 3.44. The first-order valence-corrected chi connectivity index (χ1v) is 11.0. The van der Waals surface area contributed by atoms with Crippen LogP contribution in [0.1, 0.15) is 5.56 Å². The zero-order valence-electron chi connectivity index (χ0n) is 19.3. The maximum Gasteiger partial charge on any atom is 0.414 e. The zero-order chi connectivity index (χ0) is 24.8. The molecule has 1 atom stereocenters. The topological polar surface area (TPSA) is 110 Å². The number of benzene rings is 3. The number of carboxylic acids is 1. The second kappa shape index (κ2) is 10.5. The molecule has 0 fully saturated rings. The van der Waals surface area contributed by atoms with Gasteiger partial charge in [-0.05, 0) is 29.8 Å². The lowest BCUT2D eigenvalue weighted by molar-refractivity contribution is -0.137. The van der Waals surface area contributed by atoms with Crippen LogP contribution < -0.4 is 10.1 Å². The Balaban J connectivity index is 1.62. The number of hydrogen-bond donors (Lipinski definition) is 2. The first-order chi connectivity index (χ1) is 16.9. The number of nitrogens with zero attached hydrogens (tertiary/aromatic N) is 4. The van der Waals surface area contributed by atoms with Crippen LogP contribution in [0.3, 0.4) is 0 Å². The highest BCUT2D eigenvalue weighted by Crippen LogP contribution is 2.29. The Morgan fingerprint density at radius 1 is 0.971 bits per heavy atom. The number of para-hydroxylation sites is 1. The number of rotatable bonds is 8. The van der Waals surface area contributed by atoms with Gasteiger partial charge in [-0.15, -0.1) is 5.10 Å². The van der Waals surface area contributed by atoms with E-state index in [0.717, 1.165) is 16.8 Å². The quantitative estimate of drug-likeness (QED) is 0.398. The molecule has 4 rings (SSSR count). The van der Waals surface area contributed by atoms with Crippen molar-refractivity contribution in [2.45, 2.75) is 12.5 Å². The normalized spacial score (nSPS) is 11.5. The summed E-state index contributed by atoms with van der Waals surface area (Å²) in [4.78, 5) is 25.3. The minimum absolute atomic E-state index is 0.186. The van der Waals surface area contributed by atoms with Crippen molar-refractivity contribution in [1.82, 2.24) is 19.9 Å². The van der Waals surface area contributed by atoms with Crippen molar-refractivity contribution in [2.75, 3.05) is 19.4 Å². The summed E-state index contributed by atoms with van der Waals surface area (Å²) in [7, 11) is 3.19. The molecule has 0 radical (unpaired) electrons. The molecule has 9 nitrogen and oxygen atoms in total. The molecular formula is C26H25N5O4. The lowest BCUT2D eigenvalue weighted by Crippen LogP contribution is -2.32. The summed E-state index contributed by atoms with van der Waals surface area (Å²) in [5, 5.41) is 21.8. The number of carboxylic acid groups (broad SMARTS) is 1. The number of ether oxygens (including phenoxy) is 1. The van der Waals surface area contributed by atoms with Gasteiger partial charge in [-0.25, -0.2) is 9.59 Å². The first-order valence-electron chi connectivity index (χ1n) is 11.0. The third kappa shape index (κ3) is 5.64. The lowest BCUT2D eigenvalue weighted by Gasteiger charge is -2.18. The second-order valence-electron chi connectivity index (χ2n) is 8.05. The summed E-state index contributed by atoms with van der Waals surface area (Å²) in [6, 6.07) is 24.7. The number of anilines is 1. The van der Waals surface area contributed by atoms with Crippen molar-refractivity contribution in [3.05, 3.63) is 90.5 Å². The maximum absolute atomic E-state index is 12.2. The molecule has 0 saturated carbocycles. The van der Waals surface area contributed by atoms with Crippen LogP contribution in [0.15, 0.2) is 84.9 Å². The molecule has 0 aliphatic rings. The fourth-order valence-electron chi connectivity index (χ4n) is 3.44. The van der Waals surface area contributed by atoms with E-state index < -0.39 is 18.1 Å². The van der Waals surface area contributed by atoms with Crippen LogP contribution in [0.4, 0.5) is 10.6 Å². The second-order valence-corrected chi connectivity index (χ2v) is 8.05. The van der Waals surface area contributed by atoms with Crippen LogP contribution in [-0.2, 0) is 11.2 Å². The van der Waals surface area contributed by atoms with Gasteiger partial charge >= 0.3 is 12.1 Å². The Hall–Kier alpha value is -4.66. The summed E-state index contributed by atoms with van der Waals surface area (Å²) >= 11 is 0. The Morgan fingerprint density at radius 3 is 2.20 bits per heavy atom. The van der Waals surface area contributed by atoms with Gasteiger partial charge in [-0.3, -0.25) is 0 Å². The van der Waals surface area contributed by atoms with Gasteiger partial charge in [0.25, 0.3) is 0 Å². The molecule has 1 amide bonds. The van der Waals surface area contributed by atoms with E-state index in [9.17, 15) is 14.7 Å². The highest BCUT2D eigenvalue weighted by molar-refractivity contribution is 5.81. The van der Waals surface area contributed by atoms with Crippen LogP contribution in [-0.4, -0.2) is 57.2 Å². The molecule has 9 heteroatoms. The van der Waals surface area contributed by atoms with E-state index in [2.05, 4.69) is 15.6 Å². The minimum Gasteiger partial charge on any atom is -0.480 e. The van der Waals surface area contributed by atoms with Crippen molar-refractivity contribution in [2.24, 2.45) is 0 Å². The summed E-state index contributed by atoms with van der Waals surface area (Å²) in [5.74, 6) is -0.163. The van der Waals surface area contributed by atoms with Crippen molar-refractivity contribution >= 4 is 17.9 Å². The van der Waals surface area contributed by atoms with Crippen LogP contribution in [0, 0.1) is 0 Å². The first kappa shape index (κ1) is 23.5. The predicted molar refractivity (Wildman–Crippen MR) is 132 cm³/mol. The molecule has 4 aromatic rings. The molecular weight excluding hydrogens is 446 g/mol. The molecule has 0 bridgehead atoms. The number of amides is 1. The number of hydrogen-bond acceptors (Lipinski definition) is 6. The van der Waals surface area contributed by atoms with E-state index >= 15 is 0 Å². The van der Waals surface area contributed by atoms with Crippen LogP contribution >= 0.6 is 0 Å². The smallest absolute Gasteiger partial charge is 0.414 e. The standard InChI is InChI=1S/C26H25N5O4/c1-30(2)26(34)35-21-15-13-18(14-16-21)17-22(25(32)33)27-24-23(19-9-5-3-6-10-19)28-29-31(24)20-11-7-4-8-12-20/h3-16,22,27H,17H2,1-2H3,(H,32,33)/t22-/m0/s1. The SMILES string of the molecule is CN(C)C(=O)Oc1ccc(C[C@H](Nc2c(-c3ccccc3)nnn2-c2ccccc2)C(=O)O)cc1. The largest absolute Gasteiger partial charge is 0.480 e. The molecule has 1 heterocycles. The number of carbonyl (C=O) groups is 2. The zero-order valence-corrected chi connectivity index (χ0v) is 19.3. The Kier molecular flexibility index (Phi) is 7.06. The number of carbonyl (C=O) groups excluding carboxylic acids is 1. The predicted octanol–water partition coefficient (Wildman–Crippen LogP) is 4.10. The average Bonchev–Trinajstić information content (AvgIpc) is 3.29. The third-order valence-corrected chi connectivity index (χ3v) is 5.26. The molecule has 0 unspecified atom stereocenters. The van der Waals surface area contributed by atoms with E-state index in [1.807, 2.05) is 60.7 Å². The van der Waals surface area contributed by atoms with E-state index in [-0.39, 0.29) is 6.42 Å². The fraction of sp³-hybridized carbons (Fsp3) is 0.154. The minimum atomic E-state index is -1.02. The summed E-state index contributed by atoms with van der Waals surface area (Å²) in [6.07, 6.45) is -0.302. The number of aromatic nitrogens is 3. The van der Waals surface area contributed by atoms with E-state index in [0.29, 0.717) is 17.3 Å². The summed E-state index contributed by atoms with van der Waals surface area (Å²) in [6.45, 7) is 0. The van der Waals surface area contributed by atoms with E-state index in [1.165, 1.54) is 4.90 Å². The van der Waals surface area contributed by atoms with Gasteiger partial charge in [0, 0.05) is 26.1 Å². The monoisotopic (exact) mass is 471 g/mol. The van der Waals surface area contributed by atoms with Gasteiger partial charge < -0.3 is 20.1 Å². The lowest BCUT2D eigenvalue weighted by atomic mass is 10.1. The summed E-state index contributed by atoms with van der Waals surface area (Å²) in [5.41, 5.74) is 2.87. The van der Waals surface area contributed by atoms with Gasteiger partial charge in [-0.1, -0.05) is 65.9 Å². The molecule has 2 N–H and O–H groups in total. The van der Waals surface area contributed by atoms with Crippen molar-refractivity contribution in [3.8, 4) is 22.7 Å². The van der Waals surface area contributed by atoms with Crippen LogP contribution in [0.2, 0.25) is 0 Å². The Labute approximate surface area is 202 Å². The van der Waals surface area contributed by atoms with Gasteiger partial charge in [-0.2, -0.15) is 4.68 Å². The molecule has 0 saturated heterocycles. The van der Waals surface area contributed by atoms with Crippen molar-refractivity contribution < 1.29 is 19.4 Å². The molecule has 0 aliphatic carbocycles. The van der Waals surface area contributed by atoms with Crippen LogP contribution in [0.5, 0.6) is 5.75 Å². The van der Waals surface area contributed by atoms with E-state index in [1.54, 1.807) is 43.0 Å². The highest BCUT2D eigenvalue weighted by Gasteiger charge is 2.24. The van der Waals surface area contributed by atoms with Crippen molar-refractivity contribution in [1.29, 1.82) is 0 Å². The molecule has 178 valence electrons. The number of aliphatic carboxylic acids is 1. The molecule has 0 spiro atoms. The maximum atomic E-state index is 12.2. The Bertz CT molecular complexity index is 1230. The van der Waals surface area contributed by atoms with Gasteiger partial charge in [0.05, 0.1) is 5.69 Å². The average molecular weight is 472 g/mol. The Morgan fingerprint density at radius 2 is 1.60 bits per heavy atom. The molecule has 3 aromatic carbocycles. The summed E-state index contributed by atoms with van der Waals surface area (Å²) < 4.78 is 6.83. The highest BCUT2D eigenvalue weighted by atomic mass is 16.6.